The number of benzene rings is 1. The largest absolute Gasteiger partial charge is 0.469 e. The Hall–Kier alpha value is -3.62. The van der Waals surface area contributed by atoms with Gasteiger partial charge < -0.3 is 14.6 Å². The molecule has 3 amide bonds. The van der Waals surface area contributed by atoms with Gasteiger partial charge >= 0.3 is 6.03 Å². The third-order valence-electron chi connectivity index (χ3n) is 5.18. The molecule has 1 fully saturated rings. The summed E-state index contributed by atoms with van der Waals surface area (Å²) in [6, 6.07) is 8.65. The fraction of sp³-hybridized carbons (Fsp3) is 0.286. The zero-order valence-corrected chi connectivity index (χ0v) is 16.5. The number of hydrogen-bond donors (Lipinski definition) is 2. The first-order valence-corrected chi connectivity index (χ1v) is 9.72. The lowest BCUT2D eigenvalue weighted by Crippen LogP contribution is -2.39. The summed E-state index contributed by atoms with van der Waals surface area (Å²) >= 11 is 0. The Bertz CT molecular complexity index is 1050. The molecule has 1 aliphatic heterocycles. The fourth-order valence-electron chi connectivity index (χ4n) is 3.64. The van der Waals surface area contributed by atoms with Crippen LogP contribution in [-0.2, 0) is 0 Å². The zero-order valence-electron chi connectivity index (χ0n) is 16.5. The number of furan rings is 1. The van der Waals surface area contributed by atoms with Crippen LogP contribution >= 0.6 is 0 Å². The molecule has 3 aromatic rings. The number of nitrogens with zero attached hydrogens (tertiary/aromatic N) is 3. The van der Waals surface area contributed by atoms with Gasteiger partial charge in [0.05, 0.1) is 24.1 Å². The second kappa shape index (κ2) is 8.40. The number of carbonyl (C=O) groups excluding carboxylic acids is 2. The van der Waals surface area contributed by atoms with Gasteiger partial charge in [-0.3, -0.25) is 10.1 Å². The van der Waals surface area contributed by atoms with Crippen molar-refractivity contribution in [2.75, 3.05) is 23.7 Å². The molecule has 1 aliphatic rings. The number of anilines is 2. The highest BCUT2D eigenvalue weighted by molar-refractivity contribution is 5.99. The summed E-state index contributed by atoms with van der Waals surface area (Å²) in [6.07, 6.45) is 4.56. The Morgan fingerprint density at radius 1 is 1.17 bits per heavy atom. The number of nitrogens with one attached hydrogen (secondary N) is 2. The molecule has 2 aromatic heterocycles. The number of rotatable bonds is 4. The number of aromatic nitrogens is 2. The van der Waals surface area contributed by atoms with E-state index in [4.69, 9.17) is 4.42 Å². The van der Waals surface area contributed by atoms with Gasteiger partial charge in [0.25, 0.3) is 5.91 Å². The second-order valence-corrected chi connectivity index (χ2v) is 7.16. The standard InChI is InChI=1S/C21H22FN5O3/c1-14-18(8-12-30-14)20(28)26-10-6-17(7-11-26)27-19(5-9-23-27)25-21(29)24-16-4-2-3-15(22)13-16/h2-5,8-9,12-13,17H,6-7,10-11H2,1H3,(H2,24,25,29). The number of aryl methyl sites for hydroxylation is 1. The maximum absolute atomic E-state index is 13.3. The van der Waals surface area contributed by atoms with Crippen LogP contribution < -0.4 is 10.6 Å². The van der Waals surface area contributed by atoms with E-state index in [-0.39, 0.29) is 11.9 Å². The molecule has 0 aliphatic carbocycles. The molecule has 1 saturated heterocycles. The minimum absolute atomic E-state index is 0.0343. The third kappa shape index (κ3) is 4.19. The molecular weight excluding hydrogens is 389 g/mol. The predicted octanol–water partition coefficient (Wildman–Crippen LogP) is 4.04. The molecule has 0 atom stereocenters. The summed E-state index contributed by atoms with van der Waals surface area (Å²) < 4.78 is 20.3. The molecule has 3 heterocycles. The molecule has 0 unspecified atom stereocenters. The van der Waals surface area contributed by atoms with Gasteiger partial charge in [-0.1, -0.05) is 6.07 Å². The van der Waals surface area contributed by atoms with Gasteiger partial charge in [-0.2, -0.15) is 5.10 Å². The van der Waals surface area contributed by atoms with Crippen LogP contribution in [0.2, 0.25) is 0 Å². The summed E-state index contributed by atoms with van der Waals surface area (Å²) in [5.74, 6) is 0.696. The van der Waals surface area contributed by atoms with Crippen molar-refractivity contribution >= 4 is 23.4 Å². The molecule has 0 saturated carbocycles. The molecule has 9 heteroatoms. The lowest BCUT2D eigenvalue weighted by atomic mass is 10.0. The number of urea groups is 1. The highest BCUT2D eigenvalue weighted by Gasteiger charge is 2.27. The van der Waals surface area contributed by atoms with E-state index in [2.05, 4.69) is 15.7 Å². The Labute approximate surface area is 172 Å². The Kier molecular flexibility index (Phi) is 5.51. The van der Waals surface area contributed by atoms with Crippen molar-refractivity contribution in [1.82, 2.24) is 14.7 Å². The summed E-state index contributed by atoms with van der Waals surface area (Å²) in [5, 5.41) is 9.70. The maximum Gasteiger partial charge on any atom is 0.324 e. The van der Waals surface area contributed by atoms with E-state index in [0.29, 0.717) is 48.8 Å². The minimum Gasteiger partial charge on any atom is -0.469 e. The van der Waals surface area contributed by atoms with E-state index in [1.54, 1.807) is 36.0 Å². The number of carbonyl (C=O) groups is 2. The summed E-state index contributed by atoms with van der Waals surface area (Å²) in [7, 11) is 0. The van der Waals surface area contributed by atoms with Gasteiger partial charge in [-0.25, -0.2) is 13.9 Å². The Morgan fingerprint density at radius 2 is 1.97 bits per heavy atom. The van der Waals surface area contributed by atoms with E-state index in [1.165, 1.54) is 24.5 Å². The van der Waals surface area contributed by atoms with Crippen molar-refractivity contribution in [2.45, 2.75) is 25.8 Å². The molecule has 1 aromatic carbocycles. The number of amides is 3. The topological polar surface area (TPSA) is 92.4 Å². The van der Waals surface area contributed by atoms with E-state index in [0.717, 1.165) is 0 Å². The maximum atomic E-state index is 13.3. The lowest BCUT2D eigenvalue weighted by molar-refractivity contribution is 0.0689. The van der Waals surface area contributed by atoms with Crippen LogP contribution in [0.25, 0.3) is 0 Å². The average molecular weight is 411 g/mol. The van der Waals surface area contributed by atoms with Crippen molar-refractivity contribution in [3.05, 3.63) is 66.0 Å². The highest BCUT2D eigenvalue weighted by atomic mass is 19.1. The molecule has 0 radical (unpaired) electrons. The second-order valence-electron chi connectivity index (χ2n) is 7.16. The predicted molar refractivity (Wildman–Crippen MR) is 109 cm³/mol. The zero-order chi connectivity index (χ0) is 21.1. The van der Waals surface area contributed by atoms with Crippen LogP contribution in [0.15, 0.2) is 53.3 Å². The van der Waals surface area contributed by atoms with Crippen molar-refractivity contribution in [1.29, 1.82) is 0 Å². The smallest absolute Gasteiger partial charge is 0.324 e. The molecule has 30 heavy (non-hydrogen) atoms. The SMILES string of the molecule is Cc1occc1C(=O)N1CCC(n2nccc2NC(=O)Nc2cccc(F)c2)CC1. The monoisotopic (exact) mass is 411 g/mol. The summed E-state index contributed by atoms with van der Waals surface area (Å²) in [4.78, 5) is 26.7. The average Bonchev–Trinajstić information content (AvgIpc) is 3.36. The Morgan fingerprint density at radius 3 is 2.67 bits per heavy atom. The van der Waals surface area contributed by atoms with E-state index in [9.17, 15) is 14.0 Å². The van der Waals surface area contributed by atoms with Crippen molar-refractivity contribution < 1.29 is 18.4 Å². The third-order valence-corrected chi connectivity index (χ3v) is 5.18. The Balaban J connectivity index is 1.36. The fourth-order valence-corrected chi connectivity index (χ4v) is 3.64. The first-order chi connectivity index (χ1) is 14.5. The van der Waals surface area contributed by atoms with E-state index >= 15 is 0 Å². The summed E-state index contributed by atoms with van der Waals surface area (Å²) in [5.41, 5.74) is 0.948. The van der Waals surface area contributed by atoms with Crippen molar-refractivity contribution in [3.63, 3.8) is 0 Å². The molecule has 2 N–H and O–H groups in total. The van der Waals surface area contributed by atoms with E-state index in [1.807, 2.05) is 4.90 Å². The number of hydrogen-bond acceptors (Lipinski definition) is 4. The number of halogens is 1. The quantitative estimate of drug-likeness (QED) is 0.678. The van der Waals surface area contributed by atoms with Crippen LogP contribution in [0, 0.1) is 12.7 Å². The van der Waals surface area contributed by atoms with Gasteiger partial charge in [-0.05, 0) is 44.0 Å². The van der Waals surface area contributed by atoms with Crippen molar-refractivity contribution in [2.24, 2.45) is 0 Å². The first-order valence-electron chi connectivity index (χ1n) is 9.72. The number of piperidine rings is 1. The van der Waals surface area contributed by atoms with Crippen LogP contribution in [-0.4, -0.2) is 39.7 Å². The lowest BCUT2D eigenvalue weighted by Gasteiger charge is -2.32. The van der Waals surface area contributed by atoms with Gasteiger partial charge in [0.1, 0.15) is 17.4 Å². The molecule has 8 nitrogen and oxygen atoms in total. The molecule has 0 bridgehead atoms. The first kappa shape index (κ1) is 19.7. The van der Waals surface area contributed by atoms with Crippen molar-refractivity contribution in [3.8, 4) is 0 Å². The van der Waals surface area contributed by atoms with Gasteiger partial charge in [-0.15, -0.1) is 0 Å². The van der Waals surface area contributed by atoms with Gasteiger partial charge in [0.15, 0.2) is 0 Å². The normalized spacial score (nSPS) is 14.5. The van der Waals surface area contributed by atoms with E-state index < -0.39 is 11.8 Å². The molecule has 156 valence electrons. The highest BCUT2D eigenvalue weighted by Crippen LogP contribution is 2.27. The molecular formula is C21H22FN5O3. The van der Waals surface area contributed by atoms with Gasteiger partial charge in [0, 0.05) is 24.8 Å². The number of likely N-dealkylation sites (tertiary alicyclic amines) is 1. The van der Waals surface area contributed by atoms with Gasteiger partial charge in [0.2, 0.25) is 0 Å². The van der Waals surface area contributed by atoms with Crippen LogP contribution in [0.4, 0.5) is 20.7 Å². The van der Waals surface area contributed by atoms with Crippen LogP contribution in [0.3, 0.4) is 0 Å². The summed E-state index contributed by atoms with van der Waals surface area (Å²) in [6.45, 7) is 2.95. The molecule has 4 rings (SSSR count). The van der Waals surface area contributed by atoms with Crippen LogP contribution in [0.5, 0.6) is 0 Å². The van der Waals surface area contributed by atoms with Crippen LogP contribution in [0.1, 0.15) is 35.0 Å². The minimum atomic E-state index is -0.481. The molecule has 0 spiro atoms.